The molecule has 10 rings (SSSR count). The summed E-state index contributed by atoms with van der Waals surface area (Å²) in [5, 5.41) is 24.4. The van der Waals surface area contributed by atoms with E-state index in [1.54, 1.807) is 60.7 Å². The van der Waals surface area contributed by atoms with Gasteiger partial charge in [0.15, 0.2) is 0 Å². The third-order valence-corrected chi connectivity index (χ3v) is 16.1. The zero-order chi connectivity index (χ0) is 64.3. The minimum absolute atomic E-state index is 0.110. The van der Waals surface area contributed by atoms with Crippen molar-refractivity contribution in [2.45, 2.75) is 50.9 Å². The van der Waals surface area contributed by atoms with Crippen LogP contribution in [0.25, 0.3) is 0 Å². The van der Waals surface area contributed by atoms with E-state index in [4.69, 9.17) is 9.98 Å². The van der Waals surface area contributed by atoms with Gasteiger partial charge in [-0.15, -0.1) is 0 Å². The van der Waals surface area contributed by atoms with E-state index in [0.717, 1.165) is 56.5 Å². The number of nitrogens with one attached hydrogen (secondary N) is 8. The number of urea groups is 2. The smallest absolute Gasteiger partial charge is 0.318 e. The molecule has 8 N–H and O–H groups in total. The van der Waals surface area contributed by atoms with Crippen LogP contribution in [0.5, 0.6) is 0 Å². The Bertz CT molecular complexity index is 3800. The van der Waals surface area contributed by atoms with Crippen LogP contribution < -0.4 is 42.5 Å². The lowest BCUT2D eigenvalue weighted by molar-refractivity contribution is -0.112. The fourth-order valence-electron chi connectivity index (χ4n) is 11.2. The lowest BCUT2D eigenvalue weighted by atomic mass is 9.94. The van der Waals surface area contributed by atoms with E-state index in [2.05, 4.69) is 93.2 Å². The van der Waals surface area contributed by atoms with Crippen molar-refractivity contribution in [1.82, 2.24) is 30.2 Å². The van der Waals surface area contributed by atoms with Crippen LogP contribution in [0, 0.1) is 0 Å². The van der Waals surface area contributed by atoms with Gasteiger partial charge in [-0.25, -0.2) is 9.59 Å². The molecule has 4 aliphatic heterocycles. The molecule has 0 saturated heterocycles. The lowest BCUT2D eigenvalue weighted by Crippen LogP contribution is -2.52. The fourth-order valence-corrected chi connectivity index (χ4v) is 11.2. The molecule has 20 nitrogen and oxygen atoms in total. The van der Waals surface area contributed by atoms with Crippen molar-refractivity contribution in [3.63, 3.8) is 0 Å². The molecule has 0 spiro atoms. The molecule has 20 heteroatoms. The maximum absolute atomic E-state index is 13.7. The van der Waals surface area contributed by atoms with Crippen LogP contribution in [0.1, 0.15) is 71.6 Å². The molecule has 0 saturated carbocycles. The second kappa shape index (κ2) is 28.2. The maximum atomic E-state index is 13.7. The van der Waals surface area contributed by atoms with E-state index >= 15 is 0 Å². The van der Waals surface area contributed by atoms with Crippen LogP contribution in [0.3, 0.4) is 0 Å². The molecule has 0 unspecified atom stereocenters. The van der Waals surface area contributed by atoms with Gasteiger partial charge in [0.25, 0.3) is 11.8 Å². The monoisotopic (exact) mass is 1210 g/mol. The molecule has 4 heterocycles. The first-order valence-corrected chi connectivity index (χ1v) is 29.6. The van der Waals surface area contributed by atoms with Crippen LogP contribution in [0.15, 0.2) is 215 Å². The summed E-state index contributed by atoms with van der Waals surface area (Å²) in [6.07, 6.45) is 2.36. The number of aliphatic imine (C=N–C) groups is 2. The number of likely N-dealkylation sites (N-methyl/N-ethyl adjacent to an activating group) is 2. The fraction of sp³-hybridized carbons (Fsp3) is 0.257. The number of carbonyl (C=O) groups is 6. The van der Waals surface area contributed by atoms with Crippen molar-refractivity contribution in [2.75, 3.05) is 99.4 Å². The minimum Gasteiger partial charge on any atom is -0.340 e. The highest BCUT2D eigenvalue weighted by Gasteiger charge is 2.47. The van der Waals surface area contributed by atoms with Crippen molar-refractivity contribution in [1.29, 1.82) is 0 Å². The van der Waals surface area contributed by atoms with Gasteiger partial charge >= 0.3 is 12.1 Å². The summed E-state index contributed by atoms with van der Waals surface area (Å²) in [7, 11) is 8.00. The predicted molar refractivity (Wildman–Crippen MR) is 359 cm³/mol. The van der Waals surface area contributed by atoms with E-state index < -0.39 is 11.1 Å². The summed E-state index contributed by atoms with van der Waals surface area (Å²) in [5.74, 6) is 0.271. The molecule has 0 fully saturated rings. The van der Waals surface area contributed by atoms with E-state index in [9.17, 15) is 28.8 Å². The summed E-state index contributed by atoms with van der Waals surface area (Å²) in [4.78, 5) is 93.4. The van der Waals surface area contributed by atoms with Crippen molar-refractivity contribution >= 4 is 81.5 Å². The minimum atomic E-state index is -0.494. The molecule has 0 bridgehead atoms. The van der Waals surface area contributed by atoms with Crippen LogP contribution in [0.2, 0.25) is 0 Å². The second-order valence-corrected chi connectivity index (χ2v) is 23.7. The van der Waals surface area contributed by atoms with Gasteiger partial charge in [0.1, 0.15) is 11.7 Å². The van der Waals surface area contributed by atoms with Gasteiger partial charge in [-0.05, 0) is 181 Å². The first-order chi connectivity index (χ1) is 43.1. The number of rotatable bonds is 18. The van der Waals surface area contributed by atoms with Crippen LogP contribution in [-0.4, -0.2) is 145 Å². The molecule has 6 aromatic carbocycles. The van der Waals surface area contributed by atoms with Gasteiger partial charge in [-0.2, -0.15) is 0 Å². The lowest BCUT2D eigenvalue weighted by Gasteiger charge is -2.36. The highest BCUT2D eigenvalue weighted by atomic mass is 16.2. The molecule has 90 heavy (non-hydrogen) atoms. The van der Waals surface area contributed by atoms with Crippen LogP contribution in [-0.2, 0) is 9.59 Å². The average molecular weight is 1210 g/mol. The molecule has 6 aromatic rings. The first kappa shape index (κ1) is 64.0. The number of hydrogen-bond acceptors (Lipinski definition) is 12. The summed E-state index contributed by atoms with van der Waals surface area (Å²) in [6, 6.07) is 47.6. The largest absolute Gasteiger partial charge is 0.340 e. The number of anilines is 6. The summed E-state index contributed by atoms with van der Waals surface area (Å²) in [6.45, 7) is 18.5. The summed E-state index contributed by atoms with van der Waals surface area (Å²) < 4.78 is 0. The Morgan fingerprint density at radius 3 is 1.27 bits per heavy atom. The second-order valence-electron chi connectivity index (χ2n) is 23.7. The molecule has 2 atom stereocenters. The standard InChI is InChI=1S/2C35H39N7O3/c1-6-31(43)37-27-14-10-13-24(19-27)33(44)39-26-17-15-25(16-18-26)38-32-28-21-42(35(2,3)29(28)20-36-32)34(45)40-30(22-41(4)5)23-11-8-7-9-12-23;1-6-31(43)37-25-14-12-24(13-15-25)33(44)39-27-18-16-26(17-19-27)38-32-28-21-42(35(2,3)29(28)20-36-32)34(45)40-30(22-41(4)5)23-10-8-7-9-11-23/h2*6-19,30H,1,20-22H2,2-5H3,(H,36,38)(H,37,43)(H,39,44)(H,40,45)/t2*30-/m11/s1. The highest BCUT2D eigenvalue weighted by Crippen LogP contribution is 2.40. The van der Waals surface area contributed by atoms with E-state index in [1.165, 1.54) is 12.2 Å². The van der Waals surface area contributed by atoms with Gasteiger partial charge in [-0.1, -0.05) is 79.9 Å². The van der Waals surface area contributed by atoms with E-state index in [-0.39, 0.29) is 47.8 Å². The first-order valence-electron chi connectivity index (χ1n) is 29.6. The molecule has 4 aliphatic rings. The van der Waals surface area contributed by atoms with Crippen molar-refractivity contribution in [2.24, 2.45) is 9.98 Å². The average Bonchev–Trinajstić information content (AvgIpc) is 1.66. The van der Waals surface area contributed by atoms with Crippen molar-refractivity contribution in [3.05, 3.63) is 228 Å². The zero-order valence-corrected chi connectivity index (χ0v) is 52.1. The Kier molecular flexibility index (Phi) is 20.0. The highest BCUT2D eigenvalue weighted by molar-refractivity contribution is 6.13. The topological polar surface area (TPSA) is 236 Å². The normalized spacial score (nSPS) is 15.7. The van der Waals surface area contributed by atoms with Gasteiger partial charge in [0, 0.05) is 69.5 Å². The predicted octanol–water partition coefficient (Wildman–Crippen LogP) is 10.6. The molecule has 464 valence electrons. The number of amidine groups is 2. The van der Waals surface area contributed by atoms with Crippen LogP contribution >= 0.6 is 0 Å². The molecule has 0 radical (unpaired) electrons. The van der Waals surface area contributed by atoms with Crippen LogP contribution in [0.4, 0.5) is 43.7 Å². The number of nitrogens with zero attached hydrogens (tertiary/aromatic N) is 6. The molecule has 0 aliphatic carbocycles. The van der Waals surface area contributed by atoms with Gasteiger partial charge < -0.3 is 62.1 Å². The van der Waals surface area contributed by atoms with Crippen molar-refractivity contribution < 1.29 is 28.8 Å². The Balaban J connectivity index is 0.000000213. The van der Waals surface area contributed by atoms with E-state index in [1.807, 2.05) is 135 Å². The third-order valence-electron chi connectivity index (χ3n) is 16.1. The SMILES string of the molecule is C=CC(=O)Nc1ccc(C(=O)Nc2ccc(NC3=NCC4=C3CN(C(=O)N[C@H](CN(C)C)c3ccccc3)C4(C)C)cc2)cc1.C=CC(=O)Nc1cccc(C(=O)Nc2ccc(NC3=NCC4=C3CN(C(=O)N[C@H](CN(C)C)c3ccccc3)C4(C)C)cc2)c1. The Morgan fingerprint density at radius 1 is 0.478 bits per heavy atom. The Hall–Kier alpha value is -10.4. The van der Waals surface area contributed by atoms with Gasteiger partial charge in [0.2, 0.25) is 11.8 Å². The number of amides is 8. The quantitative estimate of drug-likeness (QED) is 0.0379. The zero-order valence-electron chi connectivity index (χ0n) is 52.1. The van der Waals surface area contributed by atoms with Gasteiger partial charge in [0.05, 0.1) is 49.3 Å². The number of benzene rings is 6. The van der Waals surface area contributed by atoms with Crippen molar-refractivity contribution in [3.8, 4) is 0 Å². The maximum Gasteiger partial charge on any atom is 0.318 e. The van der Waals surface area contributed by atoms with E-state index in [0.29, 0.717) is 73.1 Å². The Morgan fingerprint density at radius 2 is 0.856 bits per heavy atom. The van der Waals surface area contributed by atoms with Gasteiger partial charge in [-0.3, -0.25) is 29.2 Å². The summed E-state index contributed by atoms with van der Waals surface area (Å²) >= 11 is 0. The molecule has 0 aromatic heterocycles. The third kappa shape index (κ3) is 15.4. The number of hydrogen-bond donors (Lipinski definition) is 8. The Labute approximate surface area is 526 Å². The molecular weight excluding hydrogens is 1130 g/mol. The number of carbonyl (C=O) groups excluding carboxylic acids is 6. The summed E-state index contributed by atoms with van der Waals surface area (Å²) in [5.41, 5.74) is 10.3. The molecule has 8 amide bonds. The molecular formula is C70H78N14O6.